The van der Waals surface area contributed by atoms with Crippen LogP contribution in [0.1, 0.15) is 41.0 Å². The molecular formula is C26H23F2N3O4. The van der Waals surface area contributed by atoms with Gasteiger partial charge in [-0.1, -0.05) is 43.3 Å². The van der Waals surface area contributed by atoms with Crippen LogP contribution in [-0.4, -0.2) is 39.9 Å². The van der Waals surface area contributed by atoms with Crippen molar-refractivity contribution in [3.63, 3.8) is 0 Å². The Balaban J connectivity index is 1.84. The van der Waals surface area contributed by atoms with E-state index in [1.165, 1.54) is 16.9 Å². The number of rotatable bonds is 2. The molecule has 3 aromatic rings. The van der Waals surface area contributed by atoms with Gasteiger partial charge >= 0.3 is 0 Å². The average Bonchev–Trinajstić information content (AvgIpc) is 2.89. The van der Waals surface area contributed by atoms with Crippen molar-refractivity contribution in [2.75, 3.05) is 18.3 Å². The summed E-state index contributed by atoms with van der Waals surface area (Å²) in [5.74, 6) is -3.58. The van der Waals surface area contributed by atoms with Gasteiger partial charge < -0.3 is 14.7 Å². The molecule has 1 amide bonds. The number of aromatic nitrogens is 1. The van der Waals surface area contributed by atoms with Gasteiger partial charge in [0.2, 0.25) is 11.2 Å². The maximum Gasteiger partial charge on any atom is 0.278 e. The number of fused-ring (bicyclic) bond motifs is 5. The van der Waals surface area contributed by atoms with Crippen molar-refractivity contribution in [3.8, 4) is 11.5 Å². The molecule has 1 aromatic heterocycles. The topological polar surface area (TPSA) is 75.0 Å². The van der Waals surface area contributed by atoms with Gasteiger partial charge in [-0.3, -0.25) is 19.3 Å². The summed E-state index contributed by atoms with van der Waals surface area (Å²) in [5.41, 5.74) is 0.159. The van der Waals surface area contributed by atoms with E-state index in [4.69, 9.17) is 4.74 Å². The van der Waals surface area contributed by atoms with Crippen LogP contribution in [0.3, 0.4) is 0 Å². The van der Waals surface area contributed by atoms with Crippen molar-refractivity contribution in [1.29, 1.82) is 0 Å². The number of aromatic hydroxyl groups is 1. The van der Waals surface area contributed by atoms with Crippen LogP contribution in [0.5, 0.6) is 11.5 Å². The lowest BCUT2D eigenvalue weighted by atomic mass is 9.96. The van der Waals surface area contributed by atoms with E-state index in [9.17, 15) is 19.1 Å². The van der Waals surface area contributed by atoms with E-state index in [1.807, 2.05) is 37.3 Å². The Hall–Kier alpha value is -4.14. The van der Waals surface area contributed by atoms with Gasteiger partial charge in [-0.15, -0.1) is 0 Å². The molecule has 2 atom stereocenters. The summed E-state index contributed by atoms with van der Waals surface area (Å²) in [5, 5.41) is 12.4. The summed E-state index contributed by atoms with van der Waals surface area (Å²) in [6.07, 6.45) is 5.35. The van der Waals surface area contributed by atoms with E-state index in [0.29, 0.717) is 17.5 Å². The molecule has 5 rings (SSSR count). The maximum atomic E-state index is 15.1. The van der Waals surface area contributed by atoms with Crippen LogP contribution in [0.2, 0.25) is 0 Å². The van der Waals surface area contributed by atoms with Gasteiger partial charge in [-0.25, -0.2) is 4.39 Å². The quantitative estimate of drug-likeness (QED) is 0.568. The summed E-state index contributed by atoms with van der Waals surface area (Å²) in [4.78, 5) is 27.4. The standard InChI is InChI=1S/C26H23F2N3O4/c1-2-17-9-6-14-35-25-18(10-11-19(27)21(25)28)22(16-7-4-3-5-8-16)31-15-29(17)26(34)23-24(33)20(32)12-13-30(23)31/h3-13,17,22,33H,2,14-15H2,1H3/b9-6+. The van der Waals surface area contributed by atoms with Crippen LogP contribution in [0.4, 0.5) is 8.78 Å². The predicted octanol–water partition coefficient (Wildman–Crippen LogP) is 3.70. The number of benzene rings is 2. The molecule has 1 N–H and O–H groups in total. The van der Waals surface area contributed by atoms with E-state index in [-0.39, 0.29) is 24.7 Å². The first kappa shape index (κ1) is 22.6. The lowest BCUT2D eigenvalue weighted by Gasteiger charge is -2.45. The highest BCUT2D eigenvalue weighted by molar-refractivity contribution is 5.96. The number of hydrogen-bond acceptors (Lipinski definition) is 5. The molecule has 0 saturated heterocycles. The third kappa shape index (κ3) is 3.73. The van der Waals surface area contributed by atoms with E-state index < -0.39 is 40.8 Å². The van der Waals surface area contributed by atoms with Gasteiger partial charge in [0.1, 0.15) is 19.3 Å². The van der Waals surface area contributed by atoms with Gasteiger partial charge in [0.25, 0.3) is 5.91 Å². The molecule has 2 unspecified atom stereocenters. The molecule has 2 aliphatic rings. The molecule has 3 heterocycles. The van der Waals surface area contributed by atoms with Crippen LogP contribution < -0.4 is 15.2 Å². The van der Waals surface area contributed by atoms with Crippen LogP contribution in [-0.2, 0) is 0 Å². The van der Waals surface area contributed by atoms with Crippen molar-refractivity contribution in [1.82, 2.24) is 9.58 Å². The van der Waals surface area contributed by atoms with Crippen LogP contribution in [0.25, 0.3) is 0 Å². The Morgan fingerprint density at radius 3 is 2.60 bits per heavy atom. The summed E-state index contributed by atoms with van der Waals surface area (Å²) < 4.78 is 36.5. The first-order valence-electron chi connectivity index (χ1n) is 11.3. The molecule has 2 aliphatic heterocycles. The molecule has 7 nitrogen and oxygen atoms in total. The molecule has 0 spiro atoms. The number of amides is 1. The van der Waals surface area contributed by atoms with E-state index in [0.717, 1.165) is 12.1 Å². The highest BCUT2D eigenvalue weighted by atomic mass is 19.2. The van der Waals surface area contributed by atoms with Gasteiger partial charge in [0, 0.05) is 17.8 Å². The summed E-state index contributed by atoms with van der Waals surface area (Å²) in [6.45, 7) is 1.91. The smallest absolute Gasteiger partial charge is 0.278 e. The largest absolute Gasteiger partial charge is 0.502 e. The molecule has 0 radical (unpaired) electrons. The normalized spacial score (nSPS) is 20.4. The molecule has 0 aliphatic carbocycles. The Morgan fingerprint density at radius 1 is 1.09 bits per heavy atom. The van der Waals surface area contributed by atoms with E-state index >= 15 is 4.39 Å². The average molecular weight is 479 g/mol. The van der Waals surface area contributed by atoms with Gasteiger partial charge in [0.05, 0.1) is 6.04 Å². The molecule has 0 saturated carbocycles. The molecule has 0 fully saturated rings. The minimum absolute atomic E-state index is 0.0382. The van der Waals surface area contributed by atoms with Crippen molar-refractivity contribution < 1.29 is 23.4 Å². The number of hydrogen-bond donors (Lipinski definition) is 1. The minimum atomic E-state index is -1.11. The number of carbonyl (C=O) groups is 1. The second-order valence-corrected chi connectivity index (χ2v) is 8.39. The molecule has 35 heavy (non-hydrogen) atoms. The van der Waals surface area contributed by atoms with Crippen molar-refractivity contribution in [2.24, 2.45) is 0 Å². The van der Waals surface area contributed by atoms with Crippen LogP contribution >= 0.6 is 0 Å². The lowest BCUT2D eigenvalue weighted by Crippen LogP contribution is -2.57. The van der Waals surface area contributed by atoms with E-state index in [1.54, 1.807) is 22.1 Å². The zero-order valence-electron chi connectivity index (χ0n) is 18.9. The Labute approximate surface area is 200 Å². The molecule has 9 heteroatoms. The van der Waals surface area contributed by atoms with Crippen LogP contribution in [0, 0.1) is 11.6 Å². The molecule has 2 aromatic carbocycles. The van der Waals surface area contributed by atoms with Gasteiger partial charge in [0.15, 0.2) is 23.0 Å². The number of nitrogens with zero attached hydrogens (tertiary/aromatic N) is 3. The second kappa shape index (κ2) is 8.90. The summed E-state index contributed by atoms with van der Waals surface area (Å²) in [7, 11) is 0. The highest BCUT2D eigenvalue weighted by Crippen LogP contribution is 2.39. The fraction of sp³-hybridized carbons (Fsp3) is 0.231. The van der Waals surface area contributed by atoms with Crippen molar-refractivity contribution in [3.05, 3.63) is 106 Å². The first-order valence-corrected chi connectivity index (χ1v) is 11.3. The first-order chi connectivity index (χ1) is 16.9. The number of halogens is 2. The number of carbonyl (C=O) groups excluding carboxylic acids is 1. The minimum Gasteiger partial charge on any atom is -0.502 e. The van der Waals surface area contributed by atoms with Gasteiger partial charge in [-0.05, 0) is 30.2 Å². The van der Waals surface area contributed by atoms with Crippen LogP contribution in [0.15, 0.2) is 71.7 Å². The zero-order valence-corrected chi connectivity index (χ0v) is 18.9. The third-order valence-electron chi connectivity index (χ3n) is 6.38. The fourth-order valence-electron chi connectivity index (χ4n) is 4.68. The number of ether oxygens (including phenoxy) is 1. The monoisotopic (exact) mass is 479 g/mol. The SMILES string of the molecule is CCC1/C=C/COc2c(ccc(F)c2F)C(c2ccccc2)N2CN1C(=O)c1c(O)c(=O)ccn12. The summed E-state index contributed by atoms with van der Waals surface area (Å²) in [6, 6.07) is 11.6. The summed E-state index contributed by atoms with van der Waals surface area (Å²) >= 11 is 0. The molecular weight excluding hydrogens is 456 g/mol. The molecule has 2 bridgehead atoms. The maximum absolute atomic E-state index is 15.1. The fourth-order valence-corrected chi connectivity index (χ4v) is 4.68. The zero-order chi connectivity index (χ0) is 24.7. The van der Waals surface area contributed by atoms with Gasteiger partial charge in [-0.2, -0.15) is 4.39 Å². The molecule has 180 valence electrons. The lowest BCUT2D eigenvalue weighted by molar-refractivity contribution is 0.0626. The Morgan fingerprint density at radius 2 is 1.86 bits per heavy atom. The number of pyridine rings is 1. The van der Waals surface area contributed by atoms with Crippen molar-refractivity contribution in [2.45, 2.75) is 25.4 Å². The Kier molecular flexibility index (Phi) is 5.76. The third-order valence-corrected chi connectivity index (χ3v) is 6.38. The predicted molar refractivity (Wildman–Crippen MR) is 125 cm³/mol. The highest BCUT2D eigenvalue weighted by Gasteiger charge is 2.40. The van der Waals surface area contributed by atoms with Crippen molar-refractivity contribution >= 4 is 5.91 Å². The Bertz CT molecular complexity index is 1370. The second-order valence-electron chi connectivity index (χ2n) is 8.39. The van der Waals surface area contributed by atoms with E-state index in [2.05, 4.69) is 0 Å².